The van der Waals surface area contributed by atoms with Gasteiger partial charge in [-0.3, -0.25) is 4.57 Å². The summed E-state index contributed by atoms with van der Waals surface area (Å²) in [5, 5.41) is 8.63. The summed E-state index contributed by atoms with van der Waals surface area (Å²) in [4.78, 5) is 11.5. The molecule has 0 spiro atoms. The van der Waals surface area contributed by atoms with Crippen molar-refractivity contribution in [2.24, 2.45) is 0 Å². The standard InChI is InChI=1S/C11H14N2O5S/c1-2-13-9-4-3-8(7-10(9)18-11(13)15)19(16,17)12-5-6-14/h3-4,7,12,14H,2,5-6H2,1H3. The van der Waals surface area contributed by atoms with Gasteiger partial charge in [0.2, 0.25) is 10.0 Å². The third-order valence-electron chi connectivity index (χ3n) is 2.67. The van der Waals surface area contributed by atoms with Gasteiger partial charge in [-0.15, -0.1) is 0 Å². The van der Waals surface area contributed by atoms with E-state index in [9.17, 15) is 13.2 Å². The number of nitrogens with one attached hydrogen (secondary N) is 1. The van der Waals surface area contributed by atoms with Gasteiger partial charge >= 0.3 is 5.76 Å². The first kappa shape index (κ1) is 13.8. The largest absolute Gasteiger partial charge is 0.419 e. The lowest BCUT2D eigenvalue weighted by Crippen LogP contribution is -2.26. The smallest absolute Gasteiger partial charge is 0.408 e. The molecular weight excluding hydrogens is 272 g/mol. The lowest BCUT2D eigenvalue weighted by atomic mass is 10.3. The SMILES string of the molecule is CCn1c(=O)oc2cc(S(=O)(=O)NCCO)ccc21. The molecular formula is C11H14N2O5S. The molecule has 19 heavy (non-hydrogen) atoms. The van der Waals surface area contributed by atoms with E-state index >= 15 is 0 Å². The molecule has 8 heteroatoms. The number of aromatic nitrogens is 1. The Balaban J connectivity index is 2.51. The molecule has 0 aliphatic heterocycles. The molecule has 0 atom stereocenters. The average molecular weight is 286 g/mol. The number of aliphatic hydroxyl groups is 1. The van der Waals surface area contributed by atoms with Crippen molar-refractivity contribution in [2.45, 2.75) is 18.4 Å². The molecule has 0 radical (unpaired) electrons. The Kier molecular flexibility index (Phi) is 3.74. The van der Waals surface area contributed by atoms with E-state index in [1.807, 2.05) is 0 Å². The highest BCUT2D eigenvalue weighted by molar-refractivity contribution is 7.89. The van der Waals surface area contributed by atoms with Crippen LogP contribution in [0, 0.1) is 0 Å². The summed E-state index contributed by atoms with van der Waals surface area (Å²) in [5.41, 5.74) is 0.771. The van der Waals surface area contributed by atoms with Crippen LogP contribution >= 0.6 is 0 Å². The second-order valence-corrected chi connectivity index (χ2v) is 5.63. The number of rotatable bonds is 5. The number of fused-ring (bicyclic) bond motifs is 1. The molecule has 0 saturated heterocycles. The first-order valence-electron chi connectivity index (χ1n) is 5.73. The van der Waals surface area contributed by atoms with Crippen LogP contribution < -0.4 is 10.5 Å². The molecule has 1 heterocycles. The van der Waals surface area contributed by atoms with Crippen LogP contribution in [0.3, 0.4) is 0 Å². The molecule has 0 aliphatic rings. The van der Waals surface area contributed by atoms with Gasteiger partial charge in [-0.25, -0.2) is 17.9 Å². The fourth-order valence-corrected chi connectivity index (χ4v) is 2.81. The zero-order chi connectivity index (χ0) is 14.0. The number of benzene rings is 1. The molecule has 0 amide bonds. The molecule has 2 aromatic rings. The summed E-state index contributed by atoms with van der Waals surface area (Å²) in [6.07, 6.45) is 0. The zero-order valence-corrected chi connectivity index (χ0v) is 11.1. The maximum atomic E-state index is 11.8. The van der Waals surface area contributed by atoms with Gasteiger partial charge in [0.1, 0.15) is 0 Å². The van der Waals surface area contributed by atoms with Gasteiger partial charge in [0, 0.05) is 19.2 Å². The minimum absolute atomic E-state index is 0.00884. The Bertz CT molecular complexity index is 744. The van der Waals surface area contributed by atoms with Crippen LogP contribution in [0.2, 0.25) is 0 Å². The summed E-state index contributed by atoms with van der Waals surface area (Å²) in [7, 11) is -3.71. The molecule has 0 fully saturated rings. The Morgan fingerprint density at radius 1 is 1.42 bits per heavy atom. The normalized spacial score (nSPS) is 12.1. The Hall–Kier alpha value is -1.64. The van der Waals surface area contributed by atoms with Crippen molar-refractivity contribution in [1.29, 1.82) is 0 Å². The summed E-state index contributed by atoms with van der Waals surface area (Å²) in [6, 6.07) is 4.21. The predicted molar refractivity (Wildman–Crippen MR) is 68.4 cm³/mol. The van der Waals surface area contributed by atoms with Gasteiger partial charge in [0.25, 0.3) is 0 Å². The minimum atomic E-state index is -3.71. The number of aryl methyl sites for hydroxylation is 1. The maximum absolute atomic E-state index is 11.8. The maximum Gasteiger partial charge on any atom is 0.419 e. The summed E-state index contributed by atoms with van der Waals surface area (Å²) < 4.78 is 32.3. The van der Waals surface area contributed by atoms with Crippen LogP contribution in [-0.2, 0) is 16.6 Å². The van der Waals surface area contributed by atoms with E-state index in [0.29, 0.717) is 12.1 Å². The lowest BCUT2D eigenvalue weighted by molar-refractivity contribution is 0.301. The van der Waals surface area contributed by atoms with E-state index < -0.39 is 15.8 Å². The fraction of sp³-hybridized carbons (Fsp3) is 0.364. The zero-order valence-electron chi connectivity index (χ0n) is 10.3. The summed E-state index contributed by atoms with van der Waals surface area (Å²) >= 11 is 0. The van der Waals surface area contributed by atoms with Crippen molar-refractivity contribution in [3.05, 3.63) is 28.7 Å². The highest BCUT2D eigenvalue weighted by Gasteiger charge is 2.16. The van der Waals surface area contributed by atoms with Gasteiger partial charge < -0.3 is 9.52 Å². The number of sulfonamides is 1. The minimum Gasteiger partial charge on any atom is -0.408 e. The number of hydrogen-bond acceptors (Lipinski definition) is 5. The van der Waals surface area contributed by atoms with Gasteiger partial charge in [0.05, 0.1) is 17.0 Å². The van der Waals surface area contributed by atoms with Gasteiger partial charge in [-0.05, 0) is 19.1 Å². The third kappa shape index (κ3) is 2.55. The first-order chi connectivity index (χ1) is 8.99. The number of oxazole rings is 1. The topological polar surface area (TPSA) is 102 Å². The summed E-state index contributed by atoms with van der Waals surface area (Å²) in [5.74, 6) is -0.518. The number of aliphatic hydroxyl groups excluding tert-OH is 1. The third-order valence-corrected chi connectivity index (χ3v) is 4.13. The monoisotopic (exact) mass is 286 g/mol. The highest BCUT2D eigenvalue weighted by Crippen LogP contribution is 2.18. The van der Waals surface area contributed by atoms with Crippen LogP contribution in [0.1, 0.15) is 6.92 Å². The van der Waals surface area contributed by atoms with Gasteiger partial charge in [-0.2, -0.15) is 0 Å². The number of hydrogen-bond donors (Lipinski definition) is 2. The average Bonchev–Trinajstić information content (AvgIpc) is 2.70. The molecule has 1 aromatic heterocycles. The van der Waals surface area contributed by atoms with Crippen molar-refractivity contribution in [2.75, 3.05) is 13.2 Å². The van der Waals surface area contributed by atoms with Gasteiger partial charge in [0.15, 0.2) is 5.58 Å². The fourth-order valence-electron chi connectivity index (χ4n) is 1.78. The summed E-state index contributed by atoms with van der Waals surface area (Å²) in [6.45, 7) is 1.88. The van der Waals surface area contributed by atoms with E-state index in [2.05, 4.69) is 4.72 Å². The van der Waals surface area contributed by atoms with Crippen LogP contribution in [0.15, 0.2) is 32.3 Å². The molecule has 2 rings (SSSR count). The lowest BCUT2D eigenvalue weighted by Gasteiger charge is -2.05. The van der Waals surface area contributed by atoms with Gasteiger partial charge in [-0.1, -0.05) is 0 Å². The Labute approximate surface area is 109 Å². The first-order valence-corrected chi connectivity index (χ1v) is 7.22. The molecule has 0 unspecified atom stereocenters. The van der Waals surface area contributed by atoms with E-state index in [4.69, 9.17) is 9.52 Å². The molecule has 2 N–H and O–H groups in total. The van der Waals surface area contributed by atoms with E-state index in [0.717, 1.165) is 0 Å². The molecule has 0 bridgehead atoms. The molecule has 7 nitrogen and oxygen atoms in total. The molecule has 0 saturated carbocycles. The van der Waals surface area contributed by atoms with Crippen LogP contribution in [-0.4, -0.2) is 31.2 Å². The quantitative estimate of drug-likeness (QED) is 0.798. The van der Waals surface area contributed by atoms with Crippen molar-refractivity contribution in [1.82, 2.24) is 9.29 Å². The Morgan fingerprint density at radius 3 is 2.79 bits per heavy atom. The van der Waals surface area contributed by atoms with Crippen LogP contribution in [0.5, 0.6) is 0 Å². The van der Waals surface area contributed by atoms with Crippen LogP contribution in [0.25, 0.3) is 11.1 Å². The van der Waals surface area contributed by atoms with Crippen molar-refractivity contribution in [3.63, 3.8) is 0 Å². The van der Waals surface area contributed by atoms with Crippen molar-refractivity contribution < 1.29 is 17.9 Å². The molecule has 0 aliphatic carbocycles. The second-order valence-electron chi connectivity index (χ2n) is 3.86. The second kappa shape index (κ2) is 5.16. The van der Waals surface area contributed by atoms with E-state index in [-0.39, 0.29) is 23.6 Å². The van der Waals surface area contributed by atoms with Crippen molar-refractivity contribution in [3.8, 4) is 0 Å². The van der Waals surface area contributed by atoms with Crippen molar-refractivity contribution >= 4 is 21.1 Å². The Morgan fingerprint density at radius 2 is 2.16 bits per heavy atom. The number of nitrogens with zero attached hydrogens (tertiary/aromatic N) is 1. The highest BCUT2D eigenvalue weighted by atomic mass is 32.2. The molecule has 104 valence electrons. The van der Waals surface area contributed by atoms with E-state index in [1.165, 1.54) is 22.8 Å². The van der Waals surface area contributed by atoms with Crippen LogP contribution in [0.4, 0.5) is 0 Å². The predicted octanol–water partition coefficient (Wildman–Crippen LogP) is -0.115. The molecule has 1 aromatic carbocycles. The van der Waals surface area contributed by atoms with E-state index in [1.54, 1.807) is 6.92 Å².